The highest BCUT2D eigenvalue weighted by atomic mass is 32.2. The molecule has 21 heavy (non-hydrogen) atoms. The zero-order valence-electron chi connectivity index (χ0n) is 13.0. The maximum Gasteiger partial charge on any atom is 0.190 e. The zero-order valence-corrected chi connectivity index (χ0v) is 13.8. The van der Waals surface area contributed by atoms with Crippen LogP contribution in [0.4, 0.5) is 0 Å². The molecule has 2 saturated carbocycles. The van der Waals surface area contributed by atoms with Crippen molar-refractivity contribution >= 4 is 11.8 Å². The first-order valence-electron chi connectivity index (χ1n) is 8.02. The molecule has 2 aliphatic rings. The van der Waals surface area contributed by atoms with E-state index in [2.05, 4.69) is 15.5 Å². The van der Waals surface area contributed by atoms with Crippen LogP contribution in [0.3, 0.4) is 0 Å². The number of hydrogen-bond donors (Lipinski definition) is 2. The van der Waals surface area contributed by atoms with Crippen LogP contribution in [-0.4, -0.2) is 43.8 Å². The Morgan fingerprint density at radius 3 is 2.81 bits per heavy atom. The molecular weight excluding hydrogens is 284 g/mol. The minimum atomic E-state index is -0.0163. The Balaban J connectivity index is 1.54. The fourth-order valence-electron chi connectivity index (χ4n) is 3.45. The lowest BCUT2D eigenvalue weighted by atomic mass is 9.85. The Labute approximate surface area is 130 Å². The summed E-state index contributed by atoms with van der Waals surface area (Å²) >= 11 is 1.78. The summed E-state index contributed by atoms with van der Waals surface area (Å²) in [5.74, 6) is 2.59. The second-order valence-corrected chi connectivity index (χ2v) is 7.61. The van der Waals surface area contributed by atoms with Gasteiger partial charge in [0, 0.05) is 24.4 Å². The Morgan fingerprint density at radius 1 is 1.38 bits per heavy atom. The van der Waals surface area contributed by atoms with Gasteiger partial charge in [-0.3, -0.25) is 0 Å². The number of rotatable bonds is 7. The summed E-state index contributed by atoms with van der Waals surface area (Å²) in [7, 11) is 2.01. The summed E-state index contributed by atoms with van der Waals surface area (Å²) < 4.78 is 2.04. The zero-order chi connectivity index (χ0) is 14.9. The number of nitrogens with one attached hydrogen (secondary N) is 1. The Kier molecular flexibility index (Phi) is 4.57. The third-order valence-corrected chi connectivity index (χ3v) is 6.11. The van der Waals surface area contributed by atoms with Crippen molar-refractivity contribution in [3.63, 3.8) is 0 Å². The molecule has 6 heteroatoms. The Hall–Kier alpha value is -0.590. The van der Waals surface area contributed by atoms with Crippen LogP contribution in [0.1, 0.15) is 44.3 Å². The average molecular weight is 310 g/mol. The monoisotopic (exact) mass is 310 g/mol. The topological polar surface area (TPSA) is 63.0 Å². The molecule has 0 bridgehead atoms. The third-order valence-electron chi connectivity index (χ3n) is 5.06. The van der Waals surface area contributed by atoms with Gasteiger partial charge in [-0.1, -0.05) is 18.2 Å². The number of aryl methyl sites for hydroxylation is 1. The average Bonchev–Trinajstić information content (AvgIpc) is 3.13. The molecule has 118 valence electrons. The van der Waals surface area contributed by atoms with Crippen molar-refractivity contribution < 1.29 is 5.11 Å². The second-order valence-electron chi connectivity index (χ2n) is 6.55. The minimum absolute atomic E-state index is 0.0163. The fourth-order valence-corrected chi connectivity index (χ4v) is 4.46. The van der Waals surface area contributed by atoms with Crippen molar-refractivity contribution in [1.82, 2.24) is 20.1 Å². The Morgan fingerprint density at radius 2 is 2.19 bits per heavy atom. The smallest absolute Gasteiger partial charge is 0.190 e. The predicted molar refractivity (Wildman–Crippen MR) is 84.4 cm³/mol. The van der Waals surface area contributed by atoms with Crippen molar-refractivity contribution in [1.29, 1.82) is 0 Å². The molecule has 3 rings (SSSR count). The molecule has 2 N–H and O–H groups in total. The van der Waals surface area contributed by atoms with Gasteiger partial charge >= 0.3 is 0 Å². The number of aliphatic hydroxyl groups excluding tert-OH is 1. The van der Waals surface area contributed by atoms with E-state index in [-0.39, 0.29) is 12.1 Å². The van der Waals surface area contributed by atoms with Gasteiger partial charge in [0.05, 0.1) is 6.61 Å². The van der Waals surface area contributed by atoms with Crippen LogP contribution in [0.25, 0.3) is 0 Å². The highest BCUT2D eigenvalue weighted by Crippen LogP contribution is 2.41. The van der Waals surface area contributed by atoms with E-state index in [0.717, 1.165) is 29.6 Å². The fraction of sp³-hybridized carbons (Fsp3) is 0.867. The Bertz CT molecular complexity index is 488. The summed E-state index contributed by atoms with van der Waals surface area (Å²) in [4.78, 5) is 0. The summed E-state index contributed by atoms with van der Waals surface area (Å²) in [6.45, 7) is 2.26. The van der Waals surface area contributed by atoms with E-state index < -0.39 is 0 Å². The lowest BCUT2D eigenvalue weighted by molar-refractivity contribution is 0.120. The highest BCUT2D eigenvalue weighted by Gasteiger charge is 2.44. The molecule has 2 fully saturated rings. The molecule has 0 aliphatic heterocycles. The van der Waals surface area contributed by atoms with Crippen LogP contribution in [-0.2, 0) is 7.05 Å². The summed E-state index contributed by atoms with van der Waals surface area (Å²) in [6, 6.07) is 0.659. The molecule has 5 nitrogen and oxygen atoms in total. The van der Waals surface area contributed by atoms with Crippen LogP contribution >= 0.6 is 11.8 Å². The normalized spacial score (nSPS) is 29.2. The first-order chi connectivity index (χ1) is 10.1. The molecule has 1 aromatic heterocycles. The van der Waals surface area contributed by atoms with Crippen LogP contribution in [0, 0.1) is 12.8 Å². The van der Waals surface area contributed by atoms with E-state index >= 15 is 0 Å². The largest absolute Gasteiger partial charge is 0.394 e. The maximum atomic E-state index is 9.93. The maximum absolute atomic E-state index is 9.93. The van der Waals surface area contributed by atoms with E-state index in [4.69, 9.17) is 0 Å². The van der Waals surface area contributed by atoms with E-state index in [1.807, 2.05) is 18.5 Å². The number of thioether (sulfide) groups is 1. The van der Waals surface area contributed by atoms with Crippen molar-refractivity contribution in [2.24, 2.45) is 13.0 Å². The van der Waals surface area contributed by atoms with Gasteiger partial charge in [-0.15, -0.1) is 10.2 Å². The highest BCUT2D eigenvalue weighted by molar-refractivity contribution is 7.99. The van der Waals surface area contributed by atoms with Gasteiger partial charge in [-0.05, 0) is 44.9 Å². The van der Waals surface area contributed by atoms with E-state index in [9.17, 15) is 5.11 Å². The third kappa shape index (κ3) is 3.27. The molecule has 1 aromatic rings. The lowest BCUT2D eigenvalue weighted by Crippen LogP contribution is -2.52. The van der Waals surface area contributed by atoms with Crippen molar-refractivity contribution in [3.05, 3.63) is 5.82 Å². The quantitative estimate of drug-likeness (QED) is 0.753. The predicted octanol–water partition coefficient (Wildman–Crippen LogP) is 1.89. The molecule has 0 amide bonds. The SMILES string of the molecule is Cc1nnc(SCCC2CCCC2(CO)NC2CC2)n1C. The standard InChI is InChI=1S/C15H26N4OS/c1-11-17-18-14(19(11)2)21-9-7-12-4-3-8-15(12,10-20)16-13-5-6-13/h12-13,16,20H,3-10H2,1-2H3. The van der Waals surface area contributed by atoms with Crippen molar-refractivity contribution in [2.45, 2.75) is 62.2 Å². The van der Waals surface area contributed by atoms with Crippen LogP contribution in [0.15, 0.2) is 5.16 Å². The van der Waals surface area contributed by atoms with Gasteiger partial charge in [0.1, 0.15) is 5.82 Å². The van der Waals surface area contributed by atoms with Crippen LogP contribution < -0.4 is 5.32 Å². The summed E-state index contributed by atoms with van der Waals surface area (Å²) in [5, 5.41) is 23.0. The molecule has 1 heterocycles. The molecule has 2 atom stereocenters. The lowest BCUT2D eigenvalue weighted by Gasteiger charge is -2.35. The number of aliphatic hydroxyl groups is 1. The second kappa shape index (κ2) is 6.26. The number of hydrogen-bond acceptors (Lipinski definition) is 5. The molecule has 2 unspecified atom stereocenters. The van der Waals surface area contributed by atoms with E-state index in [1.54, 1.807) is 11.8 Å². The summed E-state index contributed by atoms with van der Waals surface area (Å²) in [5.41, 5.74) is -0.0163. The number of aromatic nitrogens is 3. The summed E-state index contributed by atoms with van der Waals surface area (Å²) in [6.07, 6.45) is 7.29. The van der Waals surface area contributed by atoms with Gasteiger partial charge in [-0.25, -0.2) is 0 Å². The van der Waals surface area contributed by atoms with Crippen molar-refractivity contribution in [3.8, 4) is 0 Å². The first-order valence-corrected chi connectivity index (χ1v) is 9.00. The van der Waals surface area contributed by atoms with Crippen LogP contribution in [0.5, 0.6) is 0 Å². The molecule has 0 saturated heterocycles. The van der Waals surface area contributed by atoms with Gasteiger partial charge in [0.15, 0.2) is 5.16 Å². The molecule has 2 aliphatic carbocycles. The molecule has 0 radical (unpaired) electrons. The molecular formula is C15H26N4OS. The minimum Gasteiger partial charge on any atom is -0.394 e. The molecule has 0 aromatic carbocycles. The van der Waals surface area contributed by atoms with Gasteiger partial charge in [0.25, 0.3) is 0 Å². The first kappa shape index (κ1) is 15.3. The molecule has 0 spiro atoms. The number of nitrogens with zero attached hydrogens (tertiary/aromatic N) is 3. The van der Waals surface area contributed by atoms with E-state index in [1.165, 1.54) is 25.7 Å². The van der Waals surface area contributed by atoms with E-state index in [0.29, 0.717) is 12.0 Å². The van der Waals surface area contributed by atoms with Gasteiger partial charge < -0.3 is 15.0 Å². The van der Waals surface area contributed by atoms with Gasteiger partial charge in [0.2, 0.25) is 0 Å². The van der Waals surface area contributed by atoms with Crippen LogP contribution in [0.2, 0.25) is 0 Å². The van der Waals surface area contributed by atoms with Gasteiger partial charge in [-0.2, -0.15) is 0 Å². The van der Waals surface area contributed by atoms with Crippen molar-refractivity contribution in [2.75, 3.05) is 12.4 Å².